The second-order valence-corrected chi connectivity index (χ2v) is 4.54. The fourth-order valence-corrected chi connectivity index (χ4v) is 3.06. The number of esters is 1. The summed E-state index contributed by atoms with van der Waals surface area (Å²) in [5, 5.41) is -0.374. The van der Waals surface area contributed by atoms with Crippen LogP contribution in [0.3, 0.4) is 0 Å². The minimum Gasteiger partial charge on any atom is -0.465 e. The number of ether oxygens (including phenoxy) is 3. The molecule has 0 spiro atoms. The van der Waals surface area contributed by atoms with Crippen molar-refractivity contribution in [1.29, 1.82) is 0 Å². The number of carbonyl (C=O) groups excluding carboxylic acids is 1. The second kappa shape index (κ2) is 5.72. The maximum atomic E-state index is 11.7. The molecule has 1 aliphatic rings. The predicted octanol–water partition coefficient (Wildman–Crippen LogP) is 1.43. The highest BCUT2D eigenvalue weighted by atomic mass is 32.2. The van der Waals surface area contributed by atoms with E-state index in [0.29, 0.717) is 6.61 Å². The van der Waals surface area contributed by atoms with Crippen LogP contribution < -0.4 is 0 Å². The topological polar surface area (TPSA) is 44.8 Å². The van der Waals surface area contributed by atoms with Crippen LogP contribution in [0.5, 0.6) is 0 Å². The van der Waals surface area contributed by atoms with Crippen molar-refractivity contribution in [1.82, 2.24) is 0 Å². The first-order chi connectivity index (χ1) is 7.20. The highest BCUT2D eigenvalue weighted by Crippen LogP contribution is 2.37. The third-order valence-corrected chi connectivity index (χ3v) is 3.95. The highest BCUT2D eigenvalue weighted by molar-refractivity contribution is 8.00. The zero-order valence-corrected chi connectivity index (χ0v) is 10.3. The molecule has 1 rings (SSSR count). The molecule has 88 valence electrons. The minimum atomic E-state index is -0.810. The third kappa shape index (κ3) is 2.65. The summed E-state index contributed by atoms with van der Waals surface area (Å²) < 4.78 is 15.7. The molecular weight excluding hydrogens is 216 g/mol. The van der Waals surface area contributed by atoms with Crippen molar-refractivity contribution in [2.45, 2.75) is 30.8 Å². The van der Waals surface area contributed by atoms with Crippen molar-refractivity contribution in [2.75, 3.05) is 26.6 Å². The lowest BCUT2D eigenvalue weighted by Gasteiger charge is -2.39. The van der Waals surface area contributed by atoms with Crippen LogP contribution in [0.4, 0.5) is 0 Å². The van der Waals surface area contributed by atoms with Crippen molar-refractivity contribution >= 4 is 17.7 Å². The second-order valence-electron chi connectivity index (χ2n) is 3.33. The van der Waals surface area contributed by atoms with Crippen LogP contribution in [-0.2, 0) is 19.0 Å². The van der Waals surface area contributed by atoms with Crippen LogP contribution in [-0.4, -0.2) is 43.6 Å². The largest absolute Gasteiger partial charge is 0.465 e. The number of thioether (sulfide) groups is 1. The zero-order chi connectivity index (χ0) is 11.3. The Labute approximate surface area is 94.6 Å². The molecule has 5 heteroatoms. The summed E-state index contributed by atoms with van der Waals surface area (Å²) in [7, 11) is 3.14. The Bertz CT molecular complexity index is 215. The van der Waals surface area contributed by atoms with Gasteiger partial charge in [0.2, 0.25) is 0 Å². The summed E-state index contributed by atoms with van der Waals surface area (Å²) in [6.45, 7) is 2.19. The molecule has 1 unspecified atom stereocenters. The van der Waals surface area contributed by atoms with Gasteiger partial charge in [-0.1, -0.05) is 0 Å². The van der Waals surface area contributed by atoms with E-state index in [1.807, 2.05) is 0 Å². The monoisotopic (exact) mass is 234 g/mol. The molecule has 0 aromatic carbocycles. The van der Waals surface area contributed by atoms with E-state index >= 15 is 0 Å². The average molecular weight is 234 g/mol. The number of rotatable bonds is 4. The number of carbonyl (C=O) groups is 1. The van der Waals surface area contributed by atoms with Gasteiger partial charge in [0.25, 0.3) is 0 Å². The molecule has 1 fully saturated rings. The van der Waals surface area contributed by atoms with E-state index in [9.17, 15) is 4.79 Å². The first-order valence-electron chi connectivity index (χ1n) is 5.08. The molecular formula is C10H18O4S. The zero-order valence-electron chi connectivity index (χ0n) is 9.45. The van der Waals surface area contributed by atoms with E-state index in [0.717, 1.165) is 18.6 Å². The van der Waals surface area contributed by atoms with E-state index in [2.05, 4.69) is 0 Å². The van der Waals surface area contributed by atoms with Crippen molar-refractivity contribution < 1.29 is 19.0 Å². The molecule has 0 aliphatic carbocycles. The number of hydrogen-bond donors (Lipinski definition) is 0. The fraction of sp³-hybridized carbons (Fsp3) is 0.900. The van der Waals surface area contributed by atoms with E-state index in [1.165, 1.54) is 0 Å². The van der Waals surface area contributed by atoms with Crippen LogP contribution in [0.15, 0.2) is 0 Å². The Morgan fingerprint density at radius 3 is 2.67 bits per heavy atom. The Kier molecular flexibility index (Phi) is 4.89. The number of methoxy groups -OCH3 is 2. The Balaban J connectivity index is 2.76. The van der Waals surface area contributed by atoms with Gasteiger partial charge in [0.1, 0.15) is 0 Å². The van der Waals surface area contributed by atoms with Gasteiger partial charge < -0.3 is 14.2 Å². The normalized spacial score (nSPS) is 24.9. The SMILES string of the molecule is CCOC(=O)C1SCCCC1(OC)OC. The summed E-state index contributed by atoms with van der Waals surface area (Å²) in [5.74, 6) is -0.112. The lowest BCUT2D eigenvalue weighted by molar-refractivity contribution is -0.217. The smallest absolute Gasteiger partial charge is 0.324 e. The third-order valence-electron chi connectivity index (χ3n) is 2.55. The van der Waals surface area contributed by atoms with Gasteiger partial charge in [-0.05, 0) is 19.1 Å². The van der Waals surface area contributed by atoms with E-state index in [4.69, 9.17) is 14.2 Å². The number of hydrogen-bond acceptors (Lipinski definition) is 5. The Hall–Kier alpha value is -0.260. The highest BCUT2D eigenvalue weighted by Gasteiger charge is 2.47. The summed E-state index contributed by atoms with van der Waals surface area (Å²) in [4.78, 5) is 11.7. The van der Waals surface area contributed by atoms with Gasteiger partial charge in [-0.2, -0.15) is 0 Å². The molecule has 1 aliphatic heterocycles. The summed E-state index contributed by atoms with van der Waals surface area (Å²) >= 11 is 1.54. The molecule has 0 saturated carbocycles. The van der Waals surface area contributed by atoms with Crippen molar-refractivity contribution in [3.63, 3.8) is 0 Å². The van der Waals surface area contributed by atoms with Crippen molar-refractivity contribution in [3.05, 3.63) is 0 Å². The lowest BCUT2D eigenvalue weighted by atomic mass is 10.1. The summed E-state index contributed by atoms with van der Waals surface area (Å²) in [6, 6.07) is 0. The minimum absolute atomic E-state index is 0.245. The summed E-state index contributed by atoms with van der Waals surface area (Å²) in [6.07, 6.45) is 1.72. The standard InChI is InChI=1S/C10H18O4S/c1-4-14-9(11)8-10(12-2,13-3)6-5-7-15-8/h8H,4-7H2,1-3H3. The van der Waals surface area contributed by atoms with Crippen molar-refractivity contribution in [3.8, 4) is 0 Å². The molecule has 1 saturated heterocycles. The van der Waals surface area contributed by atoms with Crippen LogP contribution in [0, 0.1) is 0 Å². The maximum absolute atomic E-state index is 11.7. The molecule has 4 nitrogen and oxygen atoms in total. The van der Waals surface area contributed by atoms with Gasteiger partial charge >= 0.3 is 5.97 Å². The molecule has 0 N–H and O–H groups in total. The van der Waals surface area contributed by atoms with E-state index in [-0.39, 0.29) is 11.2 Å². The quantitative estimate of drug-likeness (QED) is 0.544. The van der Waals surface area contributed by atoms with Gasteiger partial charge in [0.15, 0.2) is 11.0 Å². The average Bonchev–Trinajstić information content (AvgIpc) is 2.29. The van der Waals surface area contributed by atoms with Gasteiger partial charge in [0, 0.05) is 20.6 Å². The molecule has 1 atom stereocenters. The van der Waals surface area contributed by atoms with Crippen molar-refractivity contribution in [2.24, 2.45) is 0 Å². The lowest BCUT2D eigenvalue weighted by Crippen LogP contribution is -2.51. The molecule has 0 amide bonds. The van der Waals surface area contributed by atoms with Crippen LogP contribution >= 0.6 is 11.8 Å². The maximum Gasteiger partial charge on any atom is 0.324 e. The van der Waals surface area contributed by atoms with Gasteiger partial charge in [-0.3, -0.25) is 4.79 Å². The van der Waals surface area contributed by atoms with Gasteiger partial charge in [-0.15, -0.1) is 11.8 Å². The predicted molar refractivity (Wildman–Crippen MR) is 58.9 cm³/mol. The van der Waals surface area contributed by atoms with Gasteiger partial charge in [0.05, 0.1) is 6.61 Å². The molecule has 0 aromatic rings. The van der Waals surface area contributed by atoms with Crippen LogP contribution in [0.2, 0.25) is 0 Å². The molecule has 0 bridgehead atoms. The fourth-order valence-electron chi connectivity index (χ4n) is 1.74. The molecule has 15 heavy (non-hydrogen) atoms. The molecule has 0 aromatic heterocycles. The Morgan fingerprint density at radius 1 is 1.47 bits per heavy atom. The van der Waals surface area contributed by atoms with E-state index < -0.39 is 5.79 Å². The first kappa shape index (κ1) is 12.8. The van der Waals surface area contributed by atoms with Gasteiger partial charge in [-0.25, -0.2) is 0 Å². The molecule has 1 heterocycles. The summed E-state index contributed by atoms with van der Waals surface area (Å²) in [5.41, 5.74) is 0. The first-order valence-corrected chi connectivity index (χ1v) is 6.13. The van der Waals surface area contributed by atoms with Crippen LogP contribution in [0.25, 0.3) is 0 Å². The van der Waals surface area contributed by atoms with E-state index in [1.54, 1.807) is 32.9 Å². The Morgan fingerprint density at radius 2 is 2.13 bits per heavy atom. The van der Waals surface area contributed by atoms with Crippen LogP contribution in [0.1, 0.15) is 19.8 Å². The molecule has 0 radical (unpaired) electrons.